The smallest absolute Gasteiger partial charge is 0.228 e. The number of para-hydroxylation sites is 2. The Morgan fingerprint density at radius 3 is 2.63 bits per heavy atom. The second-order valence-corrected chi connectivity index (χ2v) is 4.76. The predicted octanol–water partition coefficient (Wildman–Crippen LogP) is 3.41. The Hall–Kier alpha value is -2.00. The average molecular weight is 275 g/mol. The Balaban J connectivity index is 2.12. The number of nitrogen functional groups attached to an aromatic ring is 1. The molecule has 1 amide bonds. The summed E-state index contributed by atoms with van der Waals surface area (Å²) in [5.74, 6) is -0.130. The van der Waals surface area contributed by atoms with Crippen LogP contribution in [0, 0.1) is 6.92 Å². The van der Waals surface area contributed by atoms with Crippen molar-refractivity contribution in [3.05, 3.63) is 58.6 Å². The summed E-state index contributed by atoms with van der Waals surface area (Å²) in [5, 5.41) is 3.36. The van der Waals surface area contributed by atoms with Crippen molar-refractivity contribution in [3.63, 3.8) is 0 Å². The quantitative estimate of drug-likeness (QED) is 0.843. The Labute approximate surface area is 117 Å². The first-order valence-corrected chi connectivity index (χ1v) is 6.34. The number of rotatable bonds is 3. The number of benzene rings is 2. The van der Waals surface area contributed by atoms with Crippen molar-refractivity contribution >= 4 is 28.9 Å². The number of amides is 1. The van der Waals surface area contributed by atoms with Crippen LogP contribution in [0.25, 0.3) is 0 Å². The van der Waals surface area contributed by atoms with Crippen molar-refractivity contribution in [1.82, 2.24) is 0 Å². The minimum absolute atomic E-state index is 0.130. The number of hydrogen-bond donors (Lipinski definition) is 2. The fraction of sp³-hybridized carbons (Fsp3) is 0.133. The van der Waals surface area contributed by atoms with E-state index in [1.54, 1.807) is 12.1 Å². The van der Waals surface area contributed by atoms with Gasteiger partial charge in [0, 0.05) is 5.69 Å². The highest BCUT2D eigenvalue weighted by Crippen LogP contribution is 2.25. The van der Waals surface area contributed by atoms with E-state index in [0.29, 0.717) is 16.4 Å². The highest BCUT2D eigenvalue weighted by Gasteiger charge is 2.10. The molecule has 0 aliphatic heterocycles. The van der Waals surface area contributed by atoms with Gasteiger partial charge in [-0.25, -0.2) is 0 Å². The summed E-state index contributed by atoms with van der Waals surface area (Å²) >= 11 is 6.07. The zero-order valence-corrected chi connectivity index (χ0v) is 11.4. The monoisotopic (exact) mass is 274 g/mol. The lowest BCUT2D eigenvalue weighted by molar-refractivity contribution is -0.115. The van der Waals surface area contributed by atoms with Gasteiger partial charge in [-0.15, -0.1) is 0 Å². The van der Waals surface area contributed by atoms with Crippen molar-refractivity contribution in [1.29, 1.82) is 0 Å². The van der Waals surface area contributed by atoms with Gasteiger partial charge in [0.25, 0.3) is 0 Å². The molecule has 2 aromatic rings. The summed E-state index contributed by atoms with van der Waals surface area (Å²) in [7, 11) is 0. The van der Waals surface area contributed by atoms with Gasteiger partial charge in [0.1, 0.15) is 0 Å². The lowest BCUT2D eigenvalue weighted by Crippen LogP contribution is -2.16. The maximum Gasteiger partial charge on any atom is 0.228 e. The van der Waals surface area contributed by atoms with Crippen molar-refractivity contribution in [3.8, 4) is 0 Å². The molecule has 0 radical (unpaired) electrons. The molecular weight excluding hydrogens is 260 g/mol. The third-order valence-corrected chi connectivity index (χ3v) is 3.21. The third kappa shape index (κ3) is 3.26. The van der Waals surface area contributed by atoms with Crippen LogP contribution in [0.3, 0.4) is 0 Å². The fourth-order valence-electron chi connectivity index (χ4n) is 1.84. The molecule has 0 unspecified atom stereocenters. The van der Waals surface area contributed by atoms with Gasteiger partial charge in [-0.2, -0.15) is 0 Å². The molecule has 0 heterocycles. The predicted molar refractivity (Wildman–Crippen MR) is 79.4 cm³/mol. The zero-order valence-electron chi connectivity index (χ0n) is 10.6. The van der Waals surface area contributed by atoms with Crippen LogP contribution in [0.1, 0.15) is 11.1 Å². The molecule has 0 fully saturated rings. The first-order chi connectivity index (χ1) is 9.08. The molecule has 98 valence electrons. The lowest BCUT2D eigenvalue weighted by atomic mass is 10.1. The Kier molecular flexibility index (Phi) is 4.07. The molecule has 0 saturated carbocycles. The summed E-state index contributed by atoms with van der Waals surface area (Å²) < 4.78 is 0. The zero-order chi connectivity index (χ0) is 13.8. The molecule has 0 aliphatic carbocycles. The molecule has 3 N–H and O–H groups in total. The summed E-state index contributed by atoms with van der Waals surface area (Å²) in [6.45, 7) is 1.90. The standard InChI is InChI=1S/C15H15ClN2O/c1-10-5-4-7-12(16)15(10)18-14(19)9-11-6-2-3-8-13(11)17/h2-8H,9,17H2,1H3,(H,18,19). The second-order valence-electron chi connectivity index (χ2n) is 4.36. The van der Waals surface area contributed by atoms with Gasteiger partial charge in [-0.3, -0.25) is 4.79 Å². The molecule has 0 atom stereocenters. The SMILES string of the molecule is Cc1cccc(Cl)c1NC(=O)Cc1ccccc1N. The van der Waals surface area contributed by atoms with Crippen molar-refractivity contribution in [2.75, 3.05) is 11.1 Å². The molecule has 0 bridgehead atoms. The van der Waals surface area contributed by atoms with Gasteiger partial charge in [-0.05, 0) is 30.2 Å². The van der Waals surface area contributed by atoms with E-state index in [1.807, 2.05) is 37.3 Å². The number of carbonyl (C=O) groups excluding carboxylic acids is 1. The van der Waals surface area contributed by atoms with E-state index in [-0.39, 0.29) is 12.3 Å². The minimum atomic E-state index is -0.130. The Morgan fingerprint density at radius 2 is 1.95 bits per heavy atom. The van der Waals surface area contributed by atoms with E-state index in [1.165, 1.54) is 0 Å². The number of carbonyl (C=O) groups is 1. The summed E-state index contributed by atoms with van der Waals surface area (Å²) in [4.78, 5) is 12.0. The van der Waals surface area contributed by atoms with E-state index in [0.717, 1.165) is 11.1 Å². The average Bonchev–Trinajstić information content (AvgIpc) is 2.37. The van der Waals surface area contributed by atoms with E-state index >= 15 is 0 Å². The highest BCUT2D eigenvalue weighted by atomic mass is 35.5. The number of hydrogen-bond acceptors (Lipinski definition) is 2. The lowest BCUT2D eigenvalue weighted by Gasteiger charge is -2.11. The molecule has 0 spiro atoms. The third-order valence-electron chi connectivity index (χ3n) is 2.89. The summed E-state index contributed by atoms with van der Waals surface area (Å²) in [6, 6.07) is 12.8. The van der Waals surface area contributed by atoms with Gasteiger partial charge < -0.3 is 11.1 Å². The van der Waals surface area contributed by atoms with Crippen LogP contribution in [0.5, 0.6) is 0 Å². The van der Waals surface area contributed by atoms with Gasteiger partial charge in [-0.1, -0.05) is 41.9 Å². The maximum atomic E-state index is 12.0. The number of aryl methyl sites for hydroxylation is 1. The number of halogens is 1. The molecule has 19 heavy (non-hydrogen) atoms. The minimum Gasteiger partial charge on any atom is -0.398 e. The van der Waals surface area contributed by atoms with Crippen LogP contribution in [-0.2, 0) is 11.2 Å². The first-order valence-electron chi connectivity index (χ1n) is 5.96. The normalized spacial score (nSPS) is 10.2. The second kappa shape index (κ2) is 5.76. The molecule has 4 heteroatoms. The van der Waals surface area contributed by atoms with E-state index in [9.17, 15) is 4.79 Å². The number of nitrogens with two attached hydrogens (primary N) is 1. The molecule has 0 saturated heterocycles. The van der Waals surface area contributed by atoms with Crippen LogP contribution in [0.15, 0.2) is 42.5 Å². The summed E-state index contributed by atoms with van der Waals surface area (Å²) in [6.07, 6.45) is 0.233. The van der Waals surface area contributed by atoms with Crippen molar-refractivity contribution in [2.45, 2.75) is 13.3 Å². The number of nitrogens with one attached hydrogen (secondary N) is 1. The van der Waals surface area contributed by atoms with Gasteiger partial charge in [0.05, 0.1) is 17.1 Å². The summed E-state index contributed by atoms with van der Waals surface area (Å²) in [5.41, 5.74) is 8.83. The van der Waals surface area contributed by atoms with Gasteiger partial charge in [0.15, 0.2) is 0 Å². The number of anilines is 2. The van der Waals surface area contributed by atoms with Crippen LogP contribution in [0.4, 0.5) is 11.4 Å². The topological polar surface area (TPSA) is 55.1 Å². The molecule has 0 aromatic heterocycles. The first kappa shape index (κ1) is 13.4. The molecule has 2 rings (SSSR count). The van der Waals surface area contributed by atoms with E-state index in [4.69, 9.17) is 17.3 Å². The fourth-order valence-corrected chi connectivity index (χ4v) is 2.11. The molecule has 0 aliphatic rings. The van der Waals surface area contributed by atoms with Crippen LogP contribution in [-0.4, -0.2) is 5.91 Å². The largest absolute Gasteiger partial charge is 0.398 e. The molecule has 2 aromatic carbocycles. The van der Waals surface area contributed by atoms with E-state index in [2.05, 4.69) is 5.32 Å². The Bertz CT molecular complexity index is 591. The highest BCUT2D eigenvalue weighted by molar-refractivity contribution is 6.33. The van der Waals surface area contributed by atoms with Crippen molar-refractivity contribution < 1.29 is 4.79 Å². The molecular formula is C15H15ClN2O. The van der Waals surface area contributed by atoms with Crippen LogP contribution >= 0.6 is 11.6 Å². The van der Waals surface area contributed by atoms with E-state index < -0.39 is 0 Å². The van der Waals surface area contributed by atoms with Crippen LogP contribution in [0.2, 0.25) is 5.02 Å². The molecule has 3 nitrogen and oxygen atoms in total. The van der Waals surface area contributed by atoms with Crippen LogP contribution < -0.4 is 11.1 Å². The van der Waals surface area contributed by atoms with Gasteiger partial charge >= 0.3 is 0 Å². The van der Waals surface area contributed by atoms with Gasteiger partial charge in [0.2, 0.25) is 5.91 Å². The van der Waals surface area contributed by atoms with Crippen molar-refractivity contribution in [2.24, 2.45) is 0 Å². The maximum absolute atomic E-state index is 12.0. The Morgan fingerprint density at radius 1 is 1.21 bits per heavy atom.